The van der Waals surface area contributed by atoms with Crippen LogP contribution in [0.15, 0.2) is 73.1 Å². The highest BCUT2D eigenvalue weighted by molar-refractivity contribution is 6.22. The Balaban J connectivity index is 1.77. The quantitative estimate of drug-likeness (QED) is 0.392. The van der Waals surface area contributed by atoms with Gasteiger partial charge in [0.2, 0.25) is 0 Å². The lowest BCUT2D eigenvalue weighted by atomic mass is 10.1. The van der Waals surface area contributed by atoms with Crippen LogP contribution in [0.5, 0.6) is 0 Å². The number of fused-ring (bicyclic) bond motifs is 6. The number of benzene rings is 2. The summed E-state index contributed by atoms with van der Waals surface area (Å²) in [5.74, 6) is 0. The van der Waals surface area contributed by atoms with E-state index >= 15 is 0 Å². The van der Waals surface area contributed by atoms with Gasteiger partial charge in [-0.25, -0.2) is 4.98 Å². The van der Waals surface area contributed by atoms with Gasteiger partial charge in [-0.05, 0) is 30.7 Å². The molecular formula is C23H15N3. The molecule has 0 unspecified atom stereocenters. The molecule has 4 aromatic heterocycles. The lowest BCUT2D eigenvalue weighted by molar-refractivity contribution is 1.24. The number of aromatic nitrogens is 3. The van der Waals surface area contributed by atoms with E-state index in [1.54, 1.807) is 0 Å². The maximum atomic E-state index is 4.84. The average molecular weight is 333 g/mol. The zero-order chi connectivity index (χ0) is 17.3. The Morgan fingerprint density at radius 3 is 2.38 bits per heavy atom. The molecule has 0 aliphatic carbocycles. The number of aryl methyl sites for hydroxylation is 1. The molecule has 0 N–H and O–H groups in total. The van der Waals surface area contributed by atoms with Crippen molar-refractivity contribution < 1.29 is 0 Å². The smallest absolute Gasteiger partial charge is 0.145 e. The van der Waals surface area contributed by atoms with Crippen LogP contribution in [0.4, 0.5) is 0 Å². The monoisotopic (exact) mass is 333 g/mol. The summed E-state index contributed by atoms with van der Waals surface area (Å²) >= 11 is 0. The SMILES string of the molecule is Cc1ccc(-c2cnc3c(c2)c2cccc4c5ccccc5n3c42)nc1. The average Bonchev–Trinajstić information content (AvgIpc) is 3.20. The van der Waals surface area contributed by atoms with Crippen LogP contribution in [0.2, 0.25) is 0 Å². The summed E-state index contributed by atoms with van der Waals surface area (Å²) in [5, 5.41) is 4.98. The minimum Gasteiger partial charge on any atom is -0.293 e. The van der Waals surface area contributed by atoms with E-state index in [2.05, 4.69) is 77.0 Å². The van der Waals surface area contributed by atoms with Crippen molar-refractivity contribution in [2.24, 2.45) is 0 Å². The summed E-state index contributed by atoms with van der Waals surface area (Å²) in [7, 11) is 0. The number of para-hydroxylation sites is 2. The molecule has 0 aliphatic rings. The number of pyridine rings is 2. The summed E-state index contributed by atoms with van der Waals surface area (Å²) < 4.78 is 2.29. The van der Waals surface area contributed by atoms with E-state index in [0.29, 0.717) is 0 Å². The van der Waals surface area contributed by atoms with E-state index in [4.69, 9.17) is 4.98 Å². The van der Waals surface area contributed by atoms with Gasteiger partial charge in [-0.3, -0.25) is 9.38 Å². The molecule has 2 aromatic carbocycles. The second kappa shape index (κ2) is 4.79. The van der Waals surface area contributed by atoms with Crippen molar-refractivity contribution in [2.75, 3.05) is 0 Å². The summed E-state index contributed by atoms with van der Waals surface area (Å²) in [4.78, 5) is 9.41. The molecule has 0 atom stereocenters. The molecule has 6 rings (SSSR count). The zero-order valence-electron chi connectivity index (χ0n) is 14.3. The van der Waals surface area contributed by atoms with Gasteiger partial charge < -0.3 is 0 Å². The van der Waals surface area contributed by atoms with Crippen molar-refractivity contribution in [1.82, 2.24) is 14.4 Å². The molecule has 0 amide bonds. The van der Waals surface area contributed by atoms with Gasteiger partial charge in [-0.2, -0.15) is 0 Å². The van der Waals surface area contributed by atoms with Gasteiger partial charge >= 0.3 is 0 Å². The molecule has 0 bridgehead atoms. The predicted octanol–water partition coefficient (Wildman–Crippen LogP) is 5.60. The van der Waals surface area contributed by atoms with Gasteiger partial charge in [-0.1, -0.05) is 42.5 Å². The molecule has 122 valence electrons. The summed E-state index contributed by atoms with van der Waals surface area (Å²) in [6.45, 7) is 2.05. The Morgan fingerprint density at radius 1 is 0.731 bits per heavy atom. The largest absolute Gasteiger partial charge is 0.293 e. The molecule has 6 aromatic rings. The highest BCUT2D eigenvalue weighted by Gasteiger charge is 2.18. The maximum Gasteiger partial charge on any atom is 0.145 e. The predicted molar refractivity (Wildman–Crippen MR) is 107 cm³/mol. The van der Waals surface area contributed by atoms with Crippen molar-refractivity contribution in [2.45, 2.75) is 6.92 Å². The topological polar surface area (TPSA) is 30.2 Å². The first-order chi connectivity index (χ1) is 12.8. The number of rotatable bonds is 1. The lowest BCUT2D eigenvalue weighted by Gasteiger charge is -2.02. The van der Waals surface area contributed by atoms with Gasteiger partial charge in [0.05, 0.1) is 16.7 Å². The van der Waals surface area contributed by atoms with Crippen molar-refractivity contribution in [3.8, 4) is 11.3 Å². The number of hydrogen-bond acceptors (Lipinski definition) is 2. The van der Waals surface area contributed by atoms with Crippen LogP contribution >= 0.6 is 0 Å². The standard InChI is InChI=1S/C23H15N3/c1-14-9-10-20(24-12-14)15-11-19-18-7-4-6-17-16-5-2-3-8-21(16)26(22(17)18)23(19)25-13-15/h2-13H,1H3. The fourth-order valence-corrected chi connectivity index (χ4v) is 4.07. The van der Waals surface area contributed by atoms with Crippen molar-refractivity contribution in [3.63, 3.8) is 0 Å². The Morgan fingerprint density at radius 2 is 1.54 bits per heavy atom. The highest BCUT2D eigenvalue weighted by Crippen LogP contribution is 2.38. The molecule has 0 aliphatic heterocycles. The minimum absolute atomic E-state index is 0.958. The molecule has 3 nitrogen and oxygen atoms in total. The summed E-state index contributed by atoms with van der Waals surface area (Å²) in [6, 6.07) is 21.4. The van der Waals surface area contributed by atoms with Crippen LogP contribution in [-0.4, -0.2) is 14.4 Å². The zero-order valence-corrected chi connectivity index (χ0v) is 14.3. The fraction of sp³-hybridized carbons (Fsp3) is 0.0435. The third kappa shape index (κ3) is 1.67. The molecule has 3 heteroatoms. The molecule has 4 heterocycles. The van der Waals surface area contributed by atoms with Crippen molar-refractivity contribution in [1.29, 1.82) is 0 Å². The van der Waals surface area contributed by atoms with Gasteiger partial charge in [0.15, 0.2) is 0 Å². The first kappa shape index (κ1) is 13.8. The molecular weight excluding hydrogens is 318 g/mol. The first-order valence-corrected chi connectivity index (χ1v) is 8.77. The molecule has 0 radical (unpaired) electrons. The van der Waals surface area contributed by atoms with Crippen LogP contribution in [-0.2, 0) is 0 Å². The van der Waals surface area contributed by atoms with Gasteiger partial charge in [0, 0.05) is 39.5 Å². The number of hydrogen-bond donors (Lipinski definition) is 0. The summed E-state index contributed by atoms with van der Waals surface area (Å²) in [6.07, 6.45) is 3.84. The van der Waals surface area contributed by atoms with Crippen LogP contribution in [0, 0.1) is 6.92 Å². The third-order valence-corrected chi connectivity index (χ3v) is 5.27. The van der Waals surface area contributed by atoms with E-state index in [9.17, 15) is 0 Å². The van der Waals surface area contributed by atoms with Crippen molar-refractivity contribution in [3.05, 3.63) is 78.6 Å². The Kier molecular flexibility index (Phi) is 2.54. The molecule has 0 fully saturated rings. The van der Waals surface area contributed by atoms with E-state index in [-0.39, 0.29) is 0 Å². The Bertz CT molecular complexity index is 1430. The van der Waals surface area contributed by atoms with E-state index in [0.717, 1.165) is 22.5 Å². The van der Waals surface area contributed by atoms with Gasteiger partial charge in [-0.15, -0.1) is 0 Å². The van der Waals surface area contributed by atoms with E-state index < -0.39 is 0 Å². The highest BCUT2D eigenvalue weighted by atomic mass is 15.0. The Labute approximate surface area is 149 Å². The molecule has 26 heavy (non-hydrogen) atoms. The van der Waals surface area contributed by atoms with Crippen molar-refractivity contribution >= 4 is 38.2 Å². The van der Waals surface area contributed by atoms with E-state index in [1.165, 1.54) is 32.6 Å². The van der Waals surface area contributed by atoms with Crippen LogP contribution in [0.1, 0.15) is 5.56 Å². The van der Waals surface area contributed by atoms with Crippen LogP contribution in [0.25, 0.3) is 49.5 Å². The van der Waals surface area contributed by atoms with Crippen LogP contribution in [0.3, 0.4) is 0 Å². The summed E-state index contributed by atoms with van der Waals surface area (Å²) in [5.41, 5.74) is 6.64. The van der Waals surface area contributed by atoms with Gasteiger partial charge in [0.1, 0.15) is 5.65 Å². The van der Waals surface area contributed by atoms with Gasteiger partial charge in [0.25, 0.3) is 0 Å². The maximum absolute atomic E-state index is 4.84. The number of nitrogens with zero attached hydrogens (tertiary/aromatic N) is 3. The normalized spacial score (nSPS) is 12.0. The molecule has 0 saturated heterocycles. The second-order valence-corrected chi connectivity index (χ2v) is 6.87. The third-order valence-electron chi connectivity index (χ3n) is 5.27. The Hall–Kier alpha value is -3.46. The van der Waals surface area contributed by atoms with Crippen LogP contribution < -0.4 is 0 Å². The fourth-order valence-electron chi connectivity index (χ4n) is 4.07. The minimum atomic E-state index is 0.958. The second-order valence-electron chi connectivity index (χ2n) is 6.87. The molecule has 0 saturated carbocycles. The molecule has 0 spiro atoms. The lowest BCUT2D eigenvalue weighted by Crippen LogP contribution is -1.88. The van der Waals surface area contributed by atoms with E-state index in [1.807, 2.05) is 12.4 Å². The first-order valence-electron chi connectivity index (χ1n) is 8.77.